The lowest BCUT2D eigenvalue weighted by molar-refractivity contribution is -0.154. The van der Waals surface area contributed by atoms with Gasteiger partial charge in [-0.15, -0.1) is 0 Å². The number of hydrogen-bond acceptors (Lipinski definition) is 6. The quantitative estimate of drug-likeness (QED) is 0.237. The van der Waals surface area contributed by atoms with E-state index in [-0.39, 0.29) is 6.61 Å². The van der Waals surface area contributed by atoms with E-state index in [0.29, 0.717) is 33.0 Å². The lowest BCUT2D eigenvalue weighted by Crippen LogP contribution is -2.21. The maximum Gasteiger partial charge on any atom is 0.334 e. The van der Waals surface area contributed by atoms with Crippen LogP contribution in [0.5, 0.6) is 0 Å². The van der Waals surface area contributed by atoms with Gasteiger partial charge in [0, 0.05) is 6.61 Å². The lowest BCUT2D eigenvalue weighted by Gasteiger charge is -2.08. The molecule has 162 valence electrons. The highest BCUT2D eigenvalue weighted by atomic mass is 16.6. The molecule has 1 unspecified atom stereocenters. The number of unbranched alkanes of at least 4 members (excludes halogenated alkanes) is 9. The zero-order chi connectivity index (χ0) is 20.0. The van der Waals surface area contributed by atoms with Crippen molar-refractivity contribution in [3.05, 3.63) is 0 Å². The number of rotatable bonds is 21. The Morgan fingerprint density at radius 3 is 1.56 bits per heavy atom. The molecule has 0 radical (unpaired) electrons. The largest absolute Gasteiger partial charge is 0.461 e. The van der Waals surface area contributed by atoms with Gasteiger partial charge < -0.3 is 24.1 Å². The number of aliphatic hydroxyl groups excluding tert-OH is 1. The average molecular weight is 391 g/mol. The monoisotopic (exact) mass is 390 g/mol. The summed E-state index contributed by atoms with van der Waals surface area (Å²) in [6.45, 7) is 7.01. The SMILES string of the molecule is CCCCCCCCCCCCOCCOCCOCCOC(=O)C(C)O. The standard InChI is InChI=1S/C21H42O6/c1-3-4-5-6-7-8-9-10-11-12-13-24-14-15-25-16-17-26-18-19-27-21(23)20(2)22/h20,22H,3-19H2,1-2H3. The third-order valence-corrected chi connectivity index (χ3v) is 4.20. The van der Waals surface area contributed by atoms with E-state index >= 15 is 0 Å². The summed E-state index contributed by atoms with van der Waals surface area (Å²) < 4.78 is 21.0. The predicted octanol–water partition coefficient (Wildman–Crippen LogP) is 3.88. The van der Waals surface area contributed by atoms with Gasteiger partial charge in [-0.1, -0.05) is 64.7 Å². The highest BCUT2D eigenvalue weighted by Crippen LogP contribution is 2.10. The van der Waals surface area contributed by atoms with E-state index in [4.69, 9.17) is 24.1 Å². The first-order valence-electron chi connectivity index (χ1n) is 10.8. The number of esters is 1. The minimum Gasteiger partial charge on any atom is -0.461 e. The average Bonchev–Trinajstić information content (AvgIpc) is 2.66. The molecule has 0 heterocycles. The van der Waals surface area contributed by atoms with Gasteiger partial charge in [0.25, 0.3) is 0 Å². The molecule has 6 nitrogen and oxygen atoms in total. The van der Waals surface area contributed by atoms with Crippen LogP contribution in [-0.4, -0.2) is 63.4 Å². The fourth-order valence-electron chi connectivity index (χ4n) is 2.56. The first-order valence-corrected chi connectivity index (χ1v) is 10.8. The zero-order valence-electron chi connectivity index (χ0n) is 17.6. The van der Waals surface area contributed by atoms with Gasteiger partial charge in [-0.3, -0.25) is 0 Å². The molecular formula is C21H42O6. The lowest BCUT2D eigenvalue weighted by atomic mass is 10.1. The van der Waals surface area contributed by atoms with Gasteiger partial charge in [0.05, 0.1) is 33.0 Å². The number of carbonyl (C=O) groups is 1. The Hall–Kier alpha value is -0.690. The van der Waals surface area contributed by atoms with E-state index in [0.717, 1.165) is 13.0 Å². The fraction of sp³-hybridized carbons (Fsp3) is 0.952. The third kappa shape index (κ3) is 21.5. The van der Waals surface area contributed by atoms with Crippen molar-refractivity contribution >= 4 is 5.97 Å². The van der Waals surface area contributed by atoms with Crippen molar-refractivity contribution in [2.75, 3.05) is 46.2 Å². The summed E-state index contributed by atoms with van der Waals surface area (Å²) in [5.74, 6) is -0.630. The molecule has 27 heavy (non-hydrogen) atoms. The van der Waals surface area contributed by atoms with Crippen LogP contribution in [-0.2, 0) is 23.7 Å². The first kappa shape index (κ1) is 26.3. The van der Waals surface area contributed by atoms with Gasteiger partial charge in [-0.05, 0) is 13.3 Å². The number of hydrogen-bond donors (Lipinski definition) is 1. The zero-order valence-corrected chi connectivity index (χ0v) is 17.6. The van der Waals surface area contributed by atoms with Crippen LogP contribution in [0.15, 0.2) is 0 Å². The van der Waals surface area contributed by atoms with Crippen molar-refractivity contribution < 1.29 is 28.8 Å². The van der Waals surface area contributed by atoms with Crippen molar-refractivity contribution in [1.29, 1.82) is 0 Å². The minimum atomic E-state index is -1.09. The van der Waals surface area contributed by atoms with Crippen LogP contribution < -0.4 is 0 Å². The molecular weight excluding hydrogens is 348 g/mol. The molecule has 1 atom stereocenters. The number of ether oxygens (including phenoxy) is 4. The van der Waals surface area contributed by atoms with Gasteiger partial charge in [-0.2, -0.15) is 0 Å². The van der Waals surface area contributed by atoms with Crippen molar-refractivity contribution in [2.24, 2.45) is 0 Å². The molecule has 0 aromatic heterocycles. The van der Waals surface area contributed by atoms with Crippen LogP contribution >= 0.6 is 0 Å². The normalized spacial score (nSPS) is 12.3. The highest BCUT2D eigenvalue weighted by Gasteiger charge is 2.08. The molecule has 0 aliphatic rings. The van der Waals surface area contributed by atoms with Crippen LogP contribution in [0.2, 0.25) is 0 Å². The summed E-state index contributed by atoms with van der Waals surface area (Å²) in [6.07, 6.45) is 12.2. The Bertz CT molecular complexity index is 309. The van der Waals surface area contributed by atoms with Crippen molar-refractivity contribution in [1.82, 2.24) is 0 Å². The Morgan fingerprint density at radius 1 is 0.667 bits per heavy atom. The summed E-state index contributed by atoms with van der Waals surface area (Å²) in [6, 6.07) is 0. The van der Waals surface area contributed by atoms with Gasteiger partial charge in [0.1, 0.15) is 12.7 Å². The third-order valence-electron chi connectivity index (χ3n) is 4.20. The van der Waals surface area contributed by atoms with E-state index in [1.54, 1.807) is 0 Å². The van der Waals surface area contributed by atoms with E-state index < -0.39 is 12.1 Å². The summed E-state index contributed by atoms with van der Waals surface area (Å²) in [5, 5.41) is 8.93. The van der Waals surface area contributed by atoms with E-state index in [9.17, 15) is 4.79 Å². The number of carbonyl (C=O) groups excluding carboxylic acids is 1. The Kier molecular flexibility index (Phi) is 21.1. The minimum absolute atomic E-state index is 0.145. The fourth-order valence-corrected chi connectivity index (χ4v) is 2.56. The van der Waals surface area contributed by atoms with Gasteiger partial charge >= 0.3 is 5.97 Å². The van der Waals surface area contributed by atoms with Crippen LogP contribution in [0.3, 0.4) is 0 Å². The molecule has 0 rings (SSSR count). The second kappa shape index (κ2) is 21.6. The first-order chi connectivity index (χ1) is 13.2. The molecule has 1 N–H and O–H groups in total. The Morgan fingerprint density at radius 2 is 1.07 bits per heavy atom. The van der Waals surface area contributed by atoms with Gasteiger partial charge in [0.2, 0.25) is 0 Å². The molecule has 0 amide bonds. The summed E-state index contributed by atoms with van der Waals surface area (Å²) in [7, 11) is 0. The molecule has 0 aromatic carbocycles. The summed E-state index contributed by atoms with van der Waals surface area (Å²) in [5.41, 5.74) is 0. The van der Waals surface area contributed by atoms with Crippen molar-refractivity contribution in [3.8, 4) is 0 Å². The molecule has 0 aliphatic carbocycles. The molecule has 0 saturated carbocycles. The summed E-state index contributed by atoms with van der Waals surface area (Å²) in [4.78, 5) is 11.0. The van der Waals surface area contributed by atoms with Crippen LogP contribution in [0, 0.1) is 0 Å². The molecule has 0 saturated heterocycles. The maximum atomic E-state index is 11.0. The van der Waals surface area contributed by atoms with Crippen molar-refractivity contribution in [3.63, 3.8) is 0 Å². The second-order valence-corrected chi connectivity index (χ2v) is 6.86. The van der Waals surface area contributed by atoms with Gasteiger partial charge in [-0.25, -0.2) is 4.79 Å². The van der Waals surface area contributed by atoms with E-state index in [1.165, 1.54) is 64.7 Å². The molecule has 0 bridgehead atoms. The molecule has 6 heteroatoms. The molecule has 0 fully saturated rings. The molecule has 0 spiro atoms. The van der Waals surface area contributed by atoms with Crippen LogP contribution in [0.1, 0.15) is 78.1 Å². The molecule has 0 aliphatic heterocycles. The van der Waals surface area contributed by atoms with Crippen LogP contribution in [0.4, 0.5) is 0 Å². The topological polar surface area (TPSA) is 74.2 Å². The number of aliphatic hydroxyl groups is 1. The smallest absolute Gasteiger partial charge is 0.334 e. The Labute approximate surface area is 165 Å². The Balaban J connectivity index is 3.04. The van der Waals surface area contributed by atoms with Crippen LogP contribution in [0.25, 0.3) is 0 Å². The van der Waals surface area contributed by atoms with Crippen molar-refractivity contribution in [2.45, 2.75) is 84.2 Å². The molecule has 0 aromatic rings. The summed E-state index contributed by atoms with van der Waals surface area (Å²) >= 11 is 0. The maximum absolute atomic E-state index is 11.0. The highest BCUT2D eigenvalue weighted by molar-refractivity contribution is 5.73. The van der Waals surface area contributed by atoms with Gasteiger partial charge in [0.15, 0.2) is 0 Å². The van der Waals surface area contributed by atoms with E-state index in [2.05, 4.69) is 6.92 Å². The second-order valence-electron chi connectivity index (χ2n) is 6.86. The van der Waals surface area contributed by atoms with E-state index in [1.807, 2.05) is 0 Å². The predicted molar refractivity (Wildman–Crippen MR) is 107 cm³/mol.